The predicted octanol–water partition coefficient (Wildman–Crippen LogP) is 1.44. The van der Waals surface area contributed by atoms with Gasteiger partial charge in [0.15, 0.2) is 0 Å². The molecule has 8 heteroatoms. The summed E-state index contributed by atoms with van der Waals surface area (Å²) < 4.78 is 27.5. The van der Waals surface area contributed by atoms with Crippen LogP contribution < -0.4 is 10.0 Å². The first-order valence-corrected chi connectivity index (χ1v) is 9.76. The number of benzene rings is 1. The van der Waals surface area contributed by atoms with Crippen LogP contribution in [0.15, 0.2) is 29.2 Å². The second-order valence-electron chi connectivity index (χ2n) is 6.34. The molecule has 134 valence electrons. The molecule has 1 saturated carbocycles. The Balaban J connectivity index is 1.66. The molecule has 7 nitrogen and oxygen atoms in total. The summed E-state index contributed by atoms with van der Waals surface area (Å²) in [5, 5.41) is 9.85. The number of aromatic nitrogens is 2. The third-order valence-electron chi connectivity index (χ3n) is 4.27. The van der Waals surface area contributed by atoms with Crippen molar-refractivity contribution in [2.24, 2.45) is 0 Å². The van der Waals surface area contributed by atoms with Gasteiger partial charge in [-0.1, -0.05) is 6.07 Å². The molecule has 1 amide bonds. The number of aromatic amines is 1. The number of H-pyrrole nitrogens is 1. The fourth-order valence-electron chi connectivity index (χ4n) is 2.64. The molecule has 1 aliphatic rings. The van der Waals surface area contributed by atoms with E-state index in [0.717, 1.165) is 29.8 Å². The summed E-state index contributed by atoms with van der Waals surface area (Å²) in [4.78, 5) is 12.2. The highest BCUT2D eigenvalue weighted by atomic mass is 32.2. The number of aryl methyl sites for hydroxylation is 2. The number of sulfonamides is 1. The fourth-order valence-corrected chi connectivity index (χ4v) is 3.71. The lowest BCUT2D eigenvalue weighted by molar-refractivity contribution is 0.0951. The first-order valence-electron chi connectivity index (χ1n) is 8.28. The number of carbonyl (C=O) groups is 1. The lowest BCUT2D eigenvalue weighted by Gasteiger charge is -2.09. The van der Waals surface area contributed by atoms with Gasteiger partial charge >= 0.3 is 0 Å². The summed E-state index contributed by atoms with van der Waals surface area (Å²) in [5.74, 6) is -0.232. The molecule has 0 unspecified atom stereocenters. The van der Waals surface area contributed by atoms with E-state index >= 15 is 0 Å². The Morgan fingerprint density at radius 1 is 1.32 bits per heavy atom. The number of hydrogen-bond donors (Lipinski definition) is 3. The van der Waals surface area contributed by atoms with Crippen LogP contribution in [0, 0.1) is 13.8 Å². The molecular weight excluding hydrogens is 340 g/mol. The van der Waals surface area contributed by atoms with Crippen molar-refractivity contribution >= 4 is 15.9 Å². The van der Waals surface area contributed by atoms with Crippen LogP contribution in [-0.2, 0) is 16.4 Å². The third kappa shape index (κ3) is 4.26. The van der Waals surface area contributed by atoms with Crippen LogP contribution in [0.1, 0.15) is 40.2 Å². The molecule has 25 heavy (non-hydrogen) atoms. The van der Waals surface area contributed by atoms with Crippen LogP contribution in [0.4, 0.5) is 0 Å². The highest BCUT2D eigenvalue weighted by molar-refractivity contribution is 7.89. The normalized spacial score (nSPS) is 14.5. The van der Waals surface area contributed by atoms with Gasteiger partial charge in [0.05, 0.1) is 10.6 Å². The second-order valence-corrected chi connectivity index (χ2v) is 8.10. The van der Waals surface area contributed by atoms with Gasteiger partial charge in [-0.15, -0.1) is 0 Å². The van der Waals surface area contributed by atoms with Gasteiger partial charge in [0.1, 0.15) is 0 Å². The molecule has 1 aliphatic carbocycles. The molecule has 1 aromatic heterocycles. The van der Waals surface area contributed by atoms with Crippen molar-refractivity contribution in [3.63, 3.8) is 0 Å². The van der Waals surface area contributed by atoms with E-state index in [2.05, 4.69) is 20.2 Å². The Hall–Kier alpha value is -2.19. The van der Waals surface area contributed by atoms with E-state index in [0.29, 0.717) is 12.0 Å². The van der Waals surface area contributed by atoms with Gasteiger partial charge in [0, 0.05) is 23.8 Å². The summed E-state index contributed by atoms with van der Waals surface area (Å²) >= 11 is 0. The Morgan fingerprint density at radius 3 is 2.72 bits per heavy atom. The summed E-state index contributed by atoms with van der Waals surface area (Å²) in [6.45, 7) is 4.06. The van der Waals surface area contributed by atoms with Crippen molar-refractivity contribution in [1.29, 1.82) is 0 Å². The first-order chi connectivity index (χ1) is 11.9. The maximum atomic E-state index is 12.5. The highest BCUT2D eigenvalue weighted by Gasteiger charge is 2.24. The number of rotatable bonds is 7. The van der Waals surface area contributed by atoms with Crippen molar-refractivity contribution in [2.75, 3.05) is 6.54 Å². The van der Waals surface area contributed by atoms with Crippen LogP contribution in [0.3, 0.4) is 0 Å². The van der Waals surface area contributed by atoms with Crippen LogP contribution in [0.2, 0.25) is 0 Å². The monoisotopic (exact) mass is 362 g/mol. The number of hydrogen-bond acceptors (Lipinski definition) is 4. The molecule has 0 atom stereocenters. The minimum Gasteiger partial charge on any atom is -0.349 e. The fraction of sp³-hybridized carbons (Fsp3) is 0.412. The van der Waals surface area contributed by atoms with E-state index in [1.165, 1.54) is 12.1 Å². The molecule has 3 N–H and O–H groups in total. The lowest BCUT2D eigenvalue weighted by Crippen LogP contribution is -2.28. The van der Waals surface area contributed by atoms with Crippen LogP contribution in [0.5, 0.6) is 0 Å². The van der Waals surface area contributed by atoms with Crippen molar-refractivity contribution in [1.82, 2.24) is 20.2 Å². The minimum atomic E-state index is -3.67. The topological polar surface area (TPSA) is 104 Å². The lowest BCUT2D eigenvalue weighted by atomic mass is 10.1. The van der Waals surface area contributed by atoms with Gasteiger partial charge in [0.2, 0.25) is 10.0 Å². The van der Waals surface area contributed by atoms with E-state index in [4.69, 9.17) is 0 Å². The largest absolute Gasteiger partial charge is 0.349 e. The van der Waals surface area contributed by atoms with Gasteiger partial charge in [-0.2, -0.15) is 5.10 Å². The van der Waals surface area contributed by atoms with Gasteiger partial charge in [-0.3, -0.25) is 9.89 Å². The molecule has 1 heterocycles. The summed E-state index contributed by atoms with van der Waals surface area (Å²) in [6, 6.07) is 6.33. The van der Waals surface area contributed by atoms with Crippen molar-refractivity contribution in [3.8, 4) is 0 Å². The molecule has 0 aliphatic heterocycles. The number of nitrogens with zero attached hydrogens (tertiary/aromatic N) is 1. The van der Waals surface area contributed by atoms with Gasteiger partial charge in [-0.25, -0.2) is 13.1 Å². The zero-order chi connectivity index (χ0) is 18.0. The zero-order valence-electron chi connectivity index (χ0n) is 14.3. The second kappa shape index (κ2) is 6.97. The Kier molecular flexibility index (Phi) is 4.91. The van der Waals surface area contributed by atoms with E-state index in [9.17, 15) is 13.2 Å². The number of carbonyl (C=O) groups excluding carboxylic acids is 1. The number of nitrogens with one attached hydrogen (secondary N) is 3. The van der Waals surface area contributed by atoms with Crippen molar-refractivity contribution in [2.45, 2.75) is 44.0 Å². The predicted molar refractivity (Wildman–Crippen MR) is 93.9 cm³/mol. The molecule has 2 aromatic rings. The van der Waals surface area contributed by atoms with Crippen LogP contribution in [-0.4, -0.2) is 37.1 Å². The maximum absolute atomic E-state index is 12.5. The molecule has 0 saturated heterocycles. The standard InChI is InChI=1S/C17H22N4O3S/c1-11-16(12(2)21-20-11)8-9-18-25(23,24)15-5-3-4-13(10-15)17(22)19-14-6-7-14/h3-5,10,14,18H,6-9H2,1-2H3,(H,19,22)(H,20,21). The van der Waals surface area contributed by atoms with Crippen LogP contribution in [0.25, 0.3) is 0 Å². The Bertz CT molecular complexity index is 866. The SMILES string of the molecule is Cc1n[nH]c(C)c1CCNS(=O)(=O)c1cccc(C(=O)NC2CC2)c1. The maximum Gasteiger partial charge on any atom is 0.251 e. The van der Waals surface area contributed by atoms with Gasteiger partial charge in [-0.05, 0) is 56.9 Å². The van der Waals surface area contributed by atoms with E-state index in [1.807, 2.05) is 13.8 Å². The average Bonchev–Trinajstić information content (AvgIpc) is 3.34. The van der Waals surface area contributed by atoms with Gasteiger partial charge < -0.3 is 5.32 Å². The van der Waals surface area contributed by atoms with Crippen molar-refractivity contribution < 1.29 is 13.2 Å². The molecule has 0 radical (unpaired) electrons. The molecule has 1 aromatic carbocycles. The first kappa shape index (κ1) is 17.6. The summed E-state index contributed by atoms with van der Waals surface area (Å²) in [5.41, 5.74) is 3.18. The van der Waals surface area contributed by atoms with Gasteiger partial charge in [0.25, 0.3) is 5.91 Å². The molecule has 1 fully saturated rings. The minimum absolute atomic E-state index is 0.0941. The average molecular weight is 362 g/mol. The van der Waals surface area contributed by atoms with E-state index in [1.54, 1.807) is 12.1 Å². The zero-order valence-corrected chi connectivity index (χ0v) is 15.1. The molecule has 0 spiro atoms. The molecule has 3 rings (SSSR count). The van der Waals surface area contributed by atoms with Crippen LogP contribution >= 0.6 is 0 Å². The Labute approximate surface area is 147 Å². The highest BCUT2D eigenvalue weighted by Crippen LogP contribution is 2.20. The number of amides is 1. The summed E-state index contributed by atoms with van der Waals surface area (Å²) in [7, 11) is -3.67. The molecular formula is C17H22N4O3S. The Morgan fingerprint density at radius 2 is 2.08 bits per heavy atom. The molecule has 0 bridgehead atoms. The third-order valence-corrected chi connectivity index (χ3v) is 5.73. The summed E-state index contributed by atoms with van der Waals surface area (Å²) in [6.07, 6.45) is 2.52. The van der Waals surface area contributed by atoms with E-state index in [-0.39, 0.29) is 23.4 Å². The van der Waals surface area contributed by atoms with E-state index < -0.39 is 10.0 Å². The quantitative estimate of drug-likeness (QED) is 0.693. The van der Waals surface area contributed by atoms with Crippen molar-refractivity contribution in [3.05, 3.63) is 46.8 Å². The smallest absolute Gasteiger partial charge is 0.251 e.